The van der Waals surface area contributed by atoms with Crippen molar-refractivity contribution in [2.24, 2.45) is 7.05 Å². The predicted molar refractivity (Wildman–Crippen MR) is 115 cm³/mol. The third kappa shape index (κ3) is 5.71. The summed E-state index contributed by atoms with van der Waals surface area (Å²) in [6.45, 7) is 2.45. The summed E-state index contributed by atoms with van der Waals surface area (Å²) in [7, 11) is 1.79. The fraction of sp³-hybridized carbons (Fsp3) is 0.174. The van der Waals surface area contributed by atoms with Crippen LogP contribution in [0.5, 0.6) is 0 Å². The number of rotatable bonds is 8. The molecule has 1 heterocycles. The first kappa shape index (κ1) is 21.1. The number of aromatic nitrogens is 2. The van der Waals surface area contributed by atoms with Crippen LogP contribution in [0.15, 0.2) is 60.8 Å². The number of ketones is 1. The molecule has 3 rings (SSSR count). The minimum absolute atomic E-state index is 0.0851. The lowest BCUT2D eigenvalue weighted by atomic mass is 10.1. The summed E-state index contributed by atoms with van der Waals surface area (Å²) in [4.78, 5) is 23.2. The first-order valence-corrected chi connectivity index (χ1v) is 9.48. The molecule has 7 heteroatoms. The Bertz CT molecular complexity index is 1050. The standard InChI is InChI=1S/C23H23FN4O2/c1-16(29)13-25-14-17-3-10-21(11-4-17)27-22(30)12-7-19-15-26-28(2)23(19)18-5-8-20(24)9-6-18/h3-12,15,25H,13-14H2,1-2H3,(H,27,30)/b12-7+. The van der Waals surface area contributed by atoms with Crippen molar-refractivity contribution >= 4 is 23.5 Å². The Labute approximate surface area is 174 Å². The van der Waals surface area contributed by atoms with Gasteiger partial charge in [-0.2, -0.15) is 5.10 Å². The molecule has 30 heavy (non-hydrogen) atoms. The zero-order valence-corrected chi connectivity index (χ0v) is 16.9. The molecule has 0 fully saturated rings. The van der Waals surface area contributed by atoms with Crippen LogP contribution in [0.4, 0.5) is 10.1 Å². The van der Waals surface area contributed by atoms with E-state index in [1.165, 1.54) is 25.1 Å². The molecule has 0 atom stereocenters. The van der Waals surface area contributed by atoms with Crippen LogP contribution in [0.3, 0.4) is 0 Å². The normalized spacial score (nSPS) is 11.0. The van der Waals surface area contributed by atoms with Crippen molar-refractivity contribution in [3.8, 4) is 11.3 Å². The predicted octanol–water partition coefficient (Wildman–Crippen LogP) is 3.56. The van der Waals surface area contributed by atoms with Crippen molar-refractivity contribution in [2.45, 2.75) is 13.5 Å². The number of halogens is 1. The molecule has 0 aliphatic heterocycles. The molecule has 2 N–H and O–H groups in total. The largest absolute Gasteiger partial charge is 0.323 e. The summed E-state index contributed by atoms with van der Waals surface area (Å²) in [5.41, 5.74) is 4.05. The van der Waals surface area contributed by atoms with Gasteiger partial charge in [-0.3, -0.25) is 14.3 Å². The van der Waals surface area contributed by atoms with Gasteiger partial charge in [-0.1, -0.05) is 12.1 Å². The fourth-order valence-corrected chi connectivity index (χ4v) is 2.98. The van der Waals surface area contributed by atoms with E-state index in [2.05, 4.69) is 15.7 Å². The van der Waals surface area contributed by atoms with Crippen LogP contribution in [0.2, 0.25) is 0 Å². The third-order valence-corrected chi connectivity index (χ3v) is 4.42. The molecule has 0 unspecified atom stereocenters. The van der Waals surface area contributed by atoms with E-state index < -0.39 is 0 Å². The van der Waals surface area contributed by atoms with Gasteiger partial charge in [0.15, 0.2) is 0 Å². The zero-order chi connectivity index (χ0) is 21.5. The Hall–Kier alpha value is -3.58. The van der Waals surface area contributed by atoms with Crippen molar-refractivity contribution in [1.82, 2.24) is 15.1 Å². The first-order valence-electron chi connectivity index (χ1n) is 9.48. The molecular weight excluding hydrogens is 383 g/mol. The number of anilines is 1. The Morgan fingerprint density at radius 3 is 2.47 bits per heavy atom. The molecule has 0 aliphatic carbocycles. The van der Waals surface area contributed by atoms with Gasteiger partial charge in [-0.05, 0) is 55.0 Å². The average molecular weight is 406 g/mol. The van der Waals surface area contributed by atoms with Crippen LogP contribution in [0.25, 0.3) is 17.3 Å². The average Bonchev–Trinajstić information content (AvgIpc) is 3.08. The van der Waals surface area contributed by atoms with Gasteiger partial charge in [0.1, 0.15) is 11.6 Å². The lowest BCUT2D eigenvalue weighted by Gasteiger charge is -2.06. The van der Waals surface area contributed by atoms with Gasteiger partial charge in [0, 0.05) is 36.5 Å². The number of aryl methyl sites for hydroxylation is 1. The van der Waals surface area contributed by atoms with E-state index in [0.29, 0.717) is 18.8 Å². The number of amides is 1. The SMILES string of the molecule is CC(=O)CNCc1ccc(NC(=O)/C=C/c2cnn(C)c2-c2ccc(F)cc2)cc1. The first-order chi connectivity index (χ1) is 14.4. The van der Waals surface area contributed by atoms with Crippen LogP contribution in [0, 0.1) is 5.82 Å². The highest BCUT2D eigenvalue weighted by molar-refractivity contribution is 6.02. The maximum Gasteiger partial charge on any atom is 0.248 e. The van der Waals surface area contributed by atoms with Gasteiger partial charge in [0.05, 0.1) is 18.4 Å². The minimum Gasteiger partial charge on any atom is -0.323 e. The van der Waals surface area contributed by atoms with Gasteiger partial charge in [-0.15, -0.1) is 0 Å². The fourth-order valence-electron chi connectivity index (χ4n) is 2.98. The Balaban J connectivity index is 1.63. The van der Waals surface area contributed by atoms with Crippen molar-refractivity contribution in [2.75, 3.05) is 11.9 Å². The molecule has 6 nitrogen and oxygen atoms in total. The maximum atomic E-state index is 13.2. The molecule has 2 aromatic carbocycles. The smallest absolute Gasteiger partial charge is 0.248 e. The van der Waals surface area contributed by atoms with E-state index in [9.17, 15) is 14.0 Å². The van der Waals surface area contributed by atoms with Gasteiger partial charge in [0.25, 0.3) is 0 Å². The van der Waals surface area contributed by atoms with Gasteiger partial charge in [0.2, 0.25) is 5.91 Å². The third-order valence-electron chi connectivity index (χ3n) is 4.42. The molecule has 0 spiro atoms. The number of carbonyl (C=O) groups excluding carboxylic acids is 2. The van der Waals surface area contributed by atoms with Crippen LogP contribution >= 0.6 is 0 Å². The van der Waals surface area contributed by atoms with E-state index in [4.69, 9.17) is 0 Å². The zero-order valence-electron chi connectivity index (χ0n) is 16.9. The second-order valence-corrected chi connectivity index (χ2v) is 6.90. The molecule has 1 aromatic heterocycles. The van der Waals surface area contributed by atoms with E-state index in [0.717, 1.165) is 22.4 Å². The molecule has 1 amide bonds. The molecule has 0 bridgehead atoms. The number of benzene rings is 2. The molecule has 154 valence electrons. The molecule has 3 aromatic rings. The van der Waals surface area contributed by atoms with Crippen LogP contribution in [0.1, 0.15) is 18.1 Å². The quantitative estimate of drug-likeness (QED) is 0.561. The summed E-state index contributed by atoms with van der Waals surface area (Å²) in [5.74, 6) is -0.494. The summed E-state index contributed by atoms with van der Waals surface area (Å²) in [6.07, 6.45) is 4.78. The maximum absolute atomic E-state index is 13.2. The van der Waals surface area contributed by atoms with Gasteiger partial charge >= 0.3 is 0 Å². The number of hydrogen-bond donors (Lipinski definition) is 2. The lowest BCUT2D eigenvalue weighted by Crippen LogP contribution is -2.20. The van der Waals surface area contributed by atoms with Crippen molar-refractivity contribution in [1.29, 1.82) is 0 Å². The van der Waals surface area contributed by atoms with Crippen molar-refractivity contribution < 1.29 is 14.0 Å². The summed E-state index contributed by atoms with van der Waals surface area (Å²) < 4.78 is 14.9. The second-order valence-electron chi connectivity index (χ2n) is 6.90. The number of carbonyl (C=O) groups is 2. The van der Waals surface area contributed by atoms with Crippen LogP contribution in [-0.4, -0.2) is 28.0 Å². The van der Waals surface area contributed by atoms with E-state index in [1.807, 2.05) is 24.3 Å². The Kier molecular flexibility index (Phi) is 6.87. The van der Waals surface area contributed by atoms with Crippen molar-refractivity contribution in [3.05, 3.63) is 77.7 Å². The molecular formula is C23H23FN4O2. The highest BCUT2D eigenvalue weighted by atomic mass is 19.1. The molecule has 0 saturated carbocycles. The molecule has 0 saturated heterocycles. The van der Waals surface area contributed by atoms with E-state index in [1.54, 1.807) is 36.1 Å². The van der Waals surface area contributed by atoms with Gasteiger partial charge < -0.3 is 10.6 Å². The highest BCUT2D eigenvalue weighted by Gasteiger charge is 2.09. The highest BCUT2D eigenvalue weighted by Crippen LogP contribution is 2.24. The lowest BCUT2D eigenvalue weighted by molar-refractivity contribution is -0.116. The summed E-state index contributed by atoms with van der Waals surface area (Å²) in [6, 6.07) is 13.5. The number of Topliss-reactive ketones (excluding diaryl/α,β-unsaturated/α-hetero) is 1. The Morgan fingerprint density at radius 1 is 1.10 bits per heavy atom. The summed E-state index contributed by atoms with van der Waals surface area (Å²) >= 11 is 0. The number of nitrogens with zero attached hydrogens (tertiary/aromatic N) is 2. The summed E-state index contributed by atoms with van der Waals surface area (Å²) in [5, 5.41) is 10.1. The molecule has 0 radical (unpaired) electrons. The number of hydrogen-bond acceptors (Lipinski definition) is 4. The van der Waals surface area contributed by atoms with E-state index >= 15 is 0 Å². The van der Waals surface area contributed by atoms with Crippen LogP contribution in [-0.2, 0) is 23.2 Å². The second kappa shape index (κ2) is 9.76. The minimum atomic E-state index is -0.307. The monoisotopic (exact) mass is 406 g/mol. The number of nitrogens with one attached hydrogen (secondary N) is 2. The van der Waals surface area contributed by atoms with Crippen LogP contribution < -0.4 is 10.6 Å². The topological polar surface area (TPSA) is 76.0 Å². The van der Waals surface area contributed by atoms with E-state index in [-0.39, 0.29) is 17.5 Å². The van der Waals surface area contributed by atoms with Gasteiger partial charge in [-0.25, -0.2) is 4.39 Å². The van der Waals surface area contributed by atoms with Crippen molar-refractivity contribution in [3.63, 3.8) is 0 Å². The Morgan fingerprint density at radius 2 is 1.80 bits per heavy atom. The molecule has 0 aliphatic rings.